The molecular formula is C11H15NO3S. The summed E-state index contributed by atoms with van der Waals surface area (Å²) in [5.41, 5.74) is 0.595. The van der Waals surface area contributed by atoms with Gasteiger partial charge in [0.05, 0.1) is 6.42 Å². The molecule has 0 radical (unpaired) electrons. The average Bonchev–Trinajstić information content (AvgIpc) is 2.21. The number of rotatable bonds is 5. The predicted molar refractivity (Wildman–Crippen MR) is 63.8 cm³/mol. The number of hydrogen-bond acceptors (Lipinski definition) is 3. The van der Waals surface area contributed by atoms with Crippen molar-refractivity contribution in [3.8, 4) is 5.75 Å². The molecule has 1 rings (SSSR count). The van der Waals surface area contributed by atoms with E-state index in [-0.39, 0.29) is 18.1 Å². The molecule has 16 heavy (non-hydrogen) atoms. The molecule has 4 nitrogen and oxygen atoms in total. The minimum absolute atomic E-state index is 0.122. The van der Waals surface area contributed by atoms with E-state index >= 15 is 0 Å². The van der Waals surface area contributed by atoms with Crippen molar-refractivity contribution in [1.29, 1.82) is 0 Å². The smallest absolute Gasteiger partial charge is 0.224 e. The molecule has 0 aliphatic carbocycles. The molecule has 1 amide bonds. The Bertz CT molecular complexity index is 393. The number of nitrogens with one attached hydrogen (secondary N) is 1. The van der Waals surface area contributed by atoms with Crippen LogP contribution in [0.1, 0.15) is 5.56 Å². The summed E-state index contributed by atoms with van der Waals surface area (Å²) in [5.74, 6) is 0.399. The molecule has 0 spiro atoms. The number of phenols is 1. The van der Waals surface area contributed by atoms with Gasteiger partial charge >= 0.3 is 0 Å². The van der Waals surface area contributed by atoms with Gasteiger partial charge in [-0.1, -0.05) is 18.2 Å². The Morgan fingerprint density at radius 3 is 2.75 bits per heavy atom. The molecule has 0 aliphatic heterocycles. The van der Waals surface area contributed by atoms with Gasteiger partial charge in [0.25, 0.3) is 0 Å². The first-order valence-electron chi connectivity index (χ1n) is 4.93. The first kappa shape index (κ1) is 12.7. The van der Waals surface area contributed by atoms with Crippen LogP contribution in [0.5, 0.6) is 5.75 Å². The maximum atomic E-state index is 11.4. The van der Waals surface area contributed by atoms with Crippen molar-refractivity contribution in [2.24, 2.45) is 0 Å². The maximum absolute atomic E-state index is 11.4. The van der Waals surface area contributed by atoms with E-state index in [1.165, 1.54) is 0 Å². The summed E-state index contributed by atoms with van der Waals surface area (Å²) in [7, 11) is -0.897. The van der Waals surface area contributed by atoms with Gasteiger partial charge in [-0.25, -0.2) is 0 Å². The van der Waals surface area contributed by atoms with Crippen molar-refractivity contribution in [3.05, 3.63) is 29.8 Å². The molecule has 88 valence electrons. The van der Waals surface area contributed by atoms with Gasteiger partial charge in [-0.2, -0.15) is 0 Å². The second-order valence-electron chi connectivity index (χ2n) is 3.43. The summed E-state index contributed by atoms with van der Waals surface area (Å²) in [6.45, 7) is 0.398. The van der Waals surface area contributed by atoms with Crippen LogP contribution in [0.25, 0.3) is 0 Å². The summed E-state index contributed by atoms with van der Waals surface area (Å²) in [4.78, 5) is 11.4. The molecule has 1 aromatic carbocycles. The van der Waals surface area contributed by atoms with Gasteiger partial charge in [-0.05, 0) is 6.07 Å². The summed E-state index contributed by atoms with van der Waals surface area (Å²) >= 11 is 0. The van der Waals surface area contributed by atoms with Crippen molar-refractivity contribution in [2.45, 2.75) is 6.42 Å². The van der Waals surface area contributed by atoms with E-state index < -0.39 is 10.8 Å². The highest BCUT2D eigenvalue weighted by Crippen LogP contribution is 2.15. The molecule has 0 bridgehead atoms. The SMILES string of the molecule is CS(=O)CCNC(=O)Cc1ccccc1O. The molecule has 0 aromatic heterocycles. The molecular weight excluding hydrogens is 226 g/mol. The number of para-hydroxylation sites is 1. The third-order valence-electron chi connectivity index (χ3n) is 2.05. The highest BCUT2D eigenvalue weighted by Gasteiger charge is 2.06. The monoisotopic (exact) mass is 241 g/mol. The van der Waals surface area contributed by atoms with E-state index in [9.17, 15) is 14.1 Å². The van der Waals surface area contributed by atoms with E-state index in [0.29, 0.717) is 17.9 Å². The van der Waals surface area contributed by atoms with Gasteiger partial charge in [0.15, 0.2) is 0 Å². The average molecular weight is 241 g/mol. The van der Waals surface area contributed by atoms with Crippen molar-refractivity contribution in [2.75, 3.05) is 18.6 Å². The zero-order valence-corrected chi connectivity index (χ0v) is 9.92. The van der Waals surface area contributed by atoms with Gasteiger partial charge in [0, 0.05) is 34.9 Å². The lowest BCUT2D eigenvalue weighted by molar-refractivity contribution is -0.120. The molecule has 1 unspecified atom stereocenters. The fourth-order valence-corrected chi connectivity index (χ4v) is 1.62. The van der Waals surface area contributed by atoms with Crippen LogP contribution in [0.2, 0.25) is 0 Å². The molecule has 1 atom stereocenters. The standard InChI is InChI=1S/C11H15NO3S/c1-16(15)7-6-12-11(14)8-9-4-2-3-5-10(9)13/h2-5,13H,6-8H2,1H3,(H,12,14). The van der Waals surface area contributed by atoms with Gasteiger partial charge in [-0.15, -0.1) is 0 Å². The summed E-state index contributed by atoms with van der Waals surface area (Å²) in [5, 5.41) is 12.1. The number of carbonyl (C=O) groups excluding carboxylic acids is 1. The largest absolute Gasteiger partial charge is 0.508 e. The zero-order valence-electron chi connectivity index (χ0n) is 9.10. The molecule has 1 aromatic rings. The molecule has 0 saturated carbocycles. The van der Waals surface area contributed by atoms with Gasteiger partial charge in [0.1, 0.15) is 5.75 Å². The Balaban J connectivity index is 2.40. The lowest BCUT2D eigenvalue weighted by Gasteiger charge is -2.05. The van der Waals surface area contributed by atoms with Crippen LogP contribution in [0.4, 0.5) is 0 Å². The lowest BCUT2D eigenvalue weighted by atomic mass is 10.1. The number of phenolic OH excluding ortho intramolecular Hbond substituents is 1. The highest BCUT2D eigenvalue weighted by atomic mass is 32.2. The maximum Gasteiger partial charge on any atom is 0.224 e. The molecule has 2 N–H and O–H groups in total. The van der Waals surface area contributed by atoms with E-state index in [4.69, 9.17) is 0 Å². The Hall–Kier alpha value is -1.36. The Kier molecular flexibility index (Phi) is 4.98. The number of amides is 1. The number of aromatic hydroxyl groups is 1. The fraction of sp³-hybridized carbons (Fsp3) is 0.364. The zero-order chi connectivity index (χ0) is 12.0. The van der Waals surface area contributed by atoms with E-state index in [1.54, 1.807) is 30.5 Å². The van der Waals surface area contributed by atoms with E-state index in [1.807, 2.05) is 0 Å². The second-order valence-corrected chi connectivity index (χ2v) is 4.99. The molecule has 5 heteroatoms. The van der Waals surface area contributed by atoms with E-state index in [2.05, 4.69) is 5.32 Å². The summed E-state index contributed by atoms with van der Waals surface area (Å²) < 4.78 is 10.8. The van der Waals surface area contributed by atoms with Crippen LogP contribution in [0.3, 0.4) is 0 Å². The quantitative estimate of drug-likeness (QED) is 0.785. The van der Waals surface area contributed by atoms with Crippen LogP contribution < -0.4 is 5.32 Å². The first-order valence-corrected chi connectivity index (χ1v) is 6.66. The van der Waals surface area contributed by atoms with Gasteiger partial charge in [0.2, 0.25) is 5.91 Å². The van der Waals surface area contributed by atoms with Gasteiger partial charge < -0.3 is 10.4 Å². The van der Waals surface area contributed by atoms with Crippen LogP contribution >= 0.6 is 0 Å². The second kappa shape index (κ2) is 6.27. The highest BCUT2D eigenvalue weighted by molar-refractivity contribution is 7.84. The molecule has 0 aliphatic rings. The third kappa shape index (κ3) is 4.44. The fourth-order valence-electron chi connectivity index (χ4n) is 1.23. The van der Waals surface area contributed by atoms with Crippen LogP contribution in [-0.2, 0) is 22.0 Å². The topological polar surface area (TPSA) is 66.4 Å². The molecule has 0 saturated heterocycles. The first-order chi connectivity index (χ1) is 7.59. The van der Waals surface area contributed by atoms with Crippen LogP contribution in [0, 0.1) is 0 Å². The molecule has 0 fully saturated rings. The summed E-state index contributed by atoms with van der Waals surface area (Å²) in [6, 6.07) is 6.72. The van der Waals surface area contributed by atoms with Crippen molar-refractivity contribution < 1.29 is 14.1 Å². The van der Waals surface area contributed by atoms with Crippen molar-refractivity contribution in [3.63, 3.8) is 0 Å². The Labute approximate surface area is 97.1 Å². The third-order valence-corrected chi connectivity index (χ3v) is 2.83. The minimum Gasteiger partial charge on any atom is -0.508 e. The predicted octanol–water partition coefficient (Wildman–Crippen LogP) is 0.429. The number of hydrogen-bond donors (Lipinski definition) is 2. The minimum atomic E-state index is -0.897. The lowest BCUT2D eigenvalue weighted by Crippen LogP contribution is -2.28. The summed E-state index contributed by atoms with van der Waals surface area (Å²) in [6.07, 6.45) is 1.73. The number of carbonyl (C=O) groups is 1. The van der Waals surface area contributed by atoms with Crippen molar-refractivity contribution in [1.82, 2.24) is 5.32 Å². The van der Waals surface area contributed by atoms with Gasteiger partial charge in [-0.3, -0.25) is 9.00 Å². The van der Waals surface area contributed by atoms with Crippen molar-refractivity contribution >= 4 is 16.7 Å². The Morgan fingerprint density at radius 2 is 2.12 bits per heavy atom. The van der Waals surface area contributed by atoms with Crippen LogP contribution in [-0.4, -0.2) is 33.8 Å². The number of benzene rings is 1. The normalized spacial score (nSPS) is 12.1. The van der Waals surface area contributed by atoms with Crippen LogP contribution in [0.15, 0.2) is 24.3 Å². The van der Waals surface area contributed by atoms with E-state index in [0.717, 1.165) is 0 Å². The molecule has 0 heterocycles. The Morgan fingerprint density at radius 1 is 1.44 bits per heavy atom.